The molecule has 0 saturated carbocycles. The van der Waals surface area contributed by atoms with Gasteiger partial charge in [-0.25, -0.2) is 4.39 Å². The second-order valence-electron chi connectivity index (χ2n) is 3.61. The van der Waals surface area contributed by atoms with Gasteiger partial charge in [0.1, 0.15) is 11.6 Å². The normalized spacial score (nSPS) is 10.3. The molecule has 0 radical (unpaired) electrons. The molecule has 0 spiro atoms. The van der Waals surface area contributed by atoms with Gasteiger partial charge < -0.3 is 4.74 Å². The van der Waals surface area contributed by atoms with Gasteiger partial charge in [0, 0.05) is 6.07 Å². The predicted molar refractivity (Wildman–Crippen MR) is 65.4 cm³/mol. The van der Waals surface area contributed by atoms with Gasteiger partial charge in [-0.2, -0.15) is 0 Å². The minimum Gasteiger partial charge on any atom is -0.497 e. The maximum Gasteiger partial charge on any atom is 0.206 e. The van der Waals surface area contributed by atoms with Gasteiger partial charge in [0.05, 0.1) is 17.6 Å². The Labute approximate surface area is 103 Å². The predicted octanol–water partition coefficient (Wildman–Crippen LogP) is 3.44. The van der Waals surface area contributed by atoms with Crippen molar-refractivity contribution in [3.63, 3.8) is 0 Å². The molecule has 0 aliphatic heterocycles. The molecule has 0 unspecified atom stereocenters. The van der Waals surface area contributed by atoms with Crippen LogP contribution in [0.3, 0.4) is 0 Å². The smallest absolute Gasteiger partial charge is 0.206 e. The van der Waals surface area contributed by atoms with Crippen LogP contribution < -0.4 is 4.74 Å². The van der Waals surface area contributed by atoms with E-state index in [0.29, 0.717) is 10.6 Å². The summed E-state index contributed by atoms with van der Waals surface area (Å²) in [5.41, 5.74) is 0.951. The number of rotatable bonds is 3. The first kappa shape index (κ1) is 11.8. The molecular formula is C13H11FO2S. The minimum absolute atomic E-state index is 0.0800. The zero-order chi connectivity index (χ0) is 12.4. The van der Waals surface area contributed by atoms with Crippen molar-refractivity contribution in [1.29, 1.82) is 0 Å². The van der Waals surface area contributed by atoms with E-state index in [4.69, 9.17) is 4.74 Å². The highest BCUT2D eigenvalue weighted by molar-refractivity contribution is 7.12. The van der Waals surface area contributed by atoms with E-state index < -0.39 is 5.82 Å². The summed E-state index contributed by atoms with van der Waals surface area (Å²) in [6.45, 7) is 1.84. The molecule has 1 heterocycles. The maximum absolute atomic E-state index is 13.7. The first-order chi connectivity index (χ1) is 8.13. The average Bonchev–Trinajstić information content (AvgIpc) is 2.74. The zero-order valence-electron chi connectivity index (χ0n) is 9.49. The van der Waals surface area contributed by atoms with E-state index in [1.807, 2.05) is 18.4 Å². The topological polar surface area (TPSA) is 26.3 Å². The number of aryl methyl sites for hydroxylation is 1. The largest absolute Gasteiger partial charge is 0.497 e. The number of ketones is 1. The number of ether oxygens (including phenoxy) is 1. The van der Waals surface area contributed by atoms with Crippen molar-refractivity contribution in [3.8, 4) is 5.75 Å². The Kier molecular flexibility index (Phi) is 3.24. The first-order valence-electron chi connectivity index (χ1n) is 5.06. The summed E-state index contributed by atoms with van der Waals surface area (Å²) in [4.78, 5) is 12.7. The molecule has 0 aliphatic carbocycles. The second-order valence-corrected chi connectivity index (χ2v) is 4.52. The van der Waals surface area contributed by atoms with E-state index in [2.05, 4.69) is 0 Å². The van der Waals surface area contributed by atoms with Crippen molar-refractivity contribution < 1.29 is 13.9 Å². The monoisotopic (exact) mass is 250 g/mol. The third-order valence-electron chi connectivity index (χ3n) is 2.49. The van der Waals surface area contributed by atoms with Gasteiger partial charge in [-0.1, -0.05) is 0 Å². The number of carbonyl (C=O) groups excluding carboxylic acids is 1. The number of benzene rings is 1. The lowest BCUT2D eigenvalue weighted by Crippen LogP contribution is -2.03. The highest BCUT2D eigenvalue weighted by atomic mass is 32.1. The van der Waals surface area contributed by atoms with Gasteiger partial charge in [-0.15, -0.1) is 11.3 Å². The van der Waals surface area contributed by atoms with Crippen LogP contribution in [0, 0.1) is 12.7 Å². The first-order valence-corrected chi connectivity index (χ1v) is 5.94. The molecule has 0 saturated heterocycles. The fourth-order valence-electron chi connectivity index (χ4n) is 1.53. The summed E-state index contributed by atoms with van der Waals surface area (Å²) in [5, 5.41) is 1.82. The molecule has 0 bridgehead atoms. The van der Waals surface area contributed by atoms with Crippen LogP contribution in [0.25, 0.3) is 0 Å². The van der Waals surface area contributed by atoms with E-state index in [1.54, 1.807) is 6.07 Å². The quantitative estimate of drug-likeness (QED) is 0.780. The summed E-state index contributed by atoms with van der Waals surface area (Å²) in [7, 11) is 1.46. The van der Waals surface area contributed by atoms with Crippen LogP contribution in [0.15, 0.2) is 29.6 Å². The van der Waals surface area contributed by atoms with Crippen LogP contribution in [0.1, 0.15) is 20.8 Å². The number of halogens is 1. The Balaban J connectivity index is 2.41. The summed E-state index contributed by atoms with van der Waals surface area (Å²) in [5.74, 6) is -0.429. The van der Waals surface area contributed by atoms with Crippen LogP contribution in [0.4, 0.5) is 4.39 Å². The molecule has 0 aliphatic rings. The summed E-state index contributed by atoms with van der Waals surface area (Å²) >= 11 is 1.32. The third-order valence-corrected chi connectivity index (χ3v) is 3.50. The number of hydrogen-bond acceptors (Lipinski definition) is 3. The standard InChI is InChI=1S/C13H11FO2S/c1-8-5-6-17-13(8)12(15)10-4-3-9(16-2)7-11(10)14/h3-7H,1-2H3. The number of thiophene rings is 1. The Morgan fingerprint density at radius 3 is 2.65 bits per heavy atom. The Morgan fingerprint density at radius 2 is 2.12 bits per heavy atom. The summed E-state index contributed by atoms with van der Waals surface area (Å²) in [6.07, 6.45) is 0. The van der Waals surface area contributed by atoms with Gasteiger partial charge in [-0.3, -0.25) is 4.79 Å². The molecule has 2 rings (SSSR count). The molecule has 4 heteroatoms. The summed E-state index contributed by atoms with van der Waals surface area (Å²) in [6, 6.07) is 6.10. The van der Waals surface area contributed by atoms with E-state index in [9.17, 15) is 9.18 Å². The van der Waals surface area contributed by atoms with Crippen LogP contribution >= 0.6 is 11.3 Å². The van der Waals surface area contributed by atoms with Crippen LogP contribution in [0.5, 0.6) is 5.75 Å². The highest BCUT2D eigenvalue weighted by Gasteiger charge is 2.17. The van der Waals surface area contributed by atoms with Crippen LogP contribution in [0.2, 0.25) is 0 Å². The van der Waals surface area contributed by atoms with Crippen molar-refractivity contribution in [2.45, 2.75) is 6.92 Å². The zero-order valence-corrected chi connectivity index (χ0v) is 10.3. The Bertz CT molecular complexity index is 560. The molecule has 17 heavy (non-hydrogen) atoms. The molecule has 0 atom stereocenters. The Morgan fingerprint density at radius 1 is 1.35 bits per heavy atom. The molecule has 1 aromatic carbocycles. The fraction of sp³-hybridized carbons (Fsp3) is 0.154. The van der Waals surface area contributed by atoms with Crippen molar-refractivity contribution in [2.75, 3.05) is 7.11 Å². The molecule has 0 N–H and O–H groups in total. The van der Waals surface area contributed by atoms with Gasteiger partial charge in [-0.05, 0) is 36.1 Å². The van der Waals surface area contributed by atoms with Gasteiger partial charge in [0.2, 0.25) is 5.78 Å². The minimum atomic E-state index is -0.554. The summed E-state index contributed by atoms with van der Waals surface area (Å²) < 4.78 is 18.6. The average molecular weight is 250 g/mol. The number of methoxy groups -OCH3 is 1. The lowest BCUT2D eigenvalue weighted by molar-refractivity contribution is 0.103. The molecule has 0 fully saturated rings. The van der Waals surface area contributed by atoms with Crippen molar-refractivity contribution in [1.82, 2.24) is 0 Å². The van der Waals surface area contributed by atoms with Gasteiger partial charge in [0.15, 0.2) is 0 Å². The Hall–Kier alpha value is -1.68. The van der Waals surface area contributed by atoms with Crippen molar-refractivity contribution in [2.24, 2.45) is 0 Å². The molecule has 1 aromatic heterocycles. The van der Waals surface area contributed by atoms with Gasteiger partial charge in [0.25, 0.3) is 0 Å². The fourth-order valence-corrected chi connectivity index (χ4v) is 2.41. The highest BCUT2D eigenvalue weighted by Crippen LogP contribution is 2.23. The maximum atomic E-state index is 13.7. The molecule has 88 valence electrons. The lowest BCUT2D eigenvalue weighted by atomic mass is 10.1. The van der Waals surface area contributed by atoms with Gasteiger partial charge >= 0.3 is 0 Å². The van der Waals surface area contributed by atoms with Crippen LogP contribution in [-0.4, -0.2) is 12.9 Å². The lowest BCUT2D eigenvalue weighted by Gasteiger charge is -2.04. The molecule has 0 amide bonds. The number of carbonyl (C=O) groups is 1. The van der Waals surface area contributed by atoms with E-state index in [0.717, 1.165) is 5.56 Å². The van der Waals surface area contributed by atoms with E-state index in [-0.39, 0.29) is 11.3 Å². The van der Waals surface area contributed by atoms with E-state index in [1.165, 1.54) is 30.6 Å². The van der Waals surface area contributed by atoms with Crippen molar-refractivity contribution >= 4 is 17.1 Å². The molecule has 2 nitrogen and oxygen atoms in total. The van der Waals surface area contributed by atoms with Crippen molar-refractivity contribution in [3.05, 3.63) is 51.5 Å². The second kappa shape index (κ2) is 4.67. The third kappa shape index (κ3) is 2.22. The van der Waals surface area contributed by atoms with Crippen LogP contribution in [-0.2, 0) is 0 Å². The molecular weight excluding hydrogens is 239 g/mol. The molecule has 2 aromatic rings. The number of hydrogen-bond donors (Lipinski definition) is 0. The van der Waals surface area contributed by atoms with E-state index >= 15 is 0 Å². The SMILES string of the molecule is COc1ccc(C(=O)c2sccc2C)c(F)c1.